The summed E-state index contributed by atoms with van der Waals surface area (Å²) in [7, 11) is 0. The molecule has 0 spiro atoms. The highest BCUT2D eigenvalue weighted by molar-refractivity contribution is 7.80. The second kappa shape index (κ2) is 5.29. The zero-order valence-electron chi connectivity index (χ0n) is 12.0. The molecular formula is C15H17N5S. The number of hydrogen-bond acceptors (Lipinski definition) is 3. The first kappa shape index (κ1) is 13.8. The maximum Gasteiger partial charge on any atom is 0.147 e. The van der Waals surface area contributed by atoms with Crippen LogP contribution < -0.4 is 5.73 Å². The van der Waals surface area contributed by atoms with Gasteiger partial charge in [-0.05, 0) is 26.0 Å². The SMILES string of the molecule is CC(C)n1ncnc1Cn1ccc2c(C(N)=S)cccc21. The molecule has 0 amide bonds. The Hall–Kier alpha value is -2.21. The number of aromatic nitrogens is 4. The number of nitrogens with two attached hydrogens (primary N) is 1. The third kappa shape index (κ3) is 2.42. The molecule has 0 aliphatic rings. The van der Waals surface area contributed by atoms with Crippen molar-refractivity contribution in [2.24, 2.45) is 5.73 Å². The van der Waals surface area contributed by atoms with Gasteiger partial charge < -0.3 is 10.3 Å². The molecule has 6 heteroatoms. The zero-order valence-corrected chi connectivity index (χ0v) is 12.8. The predicted octanol–water partition coefficient (Wildman–Crippen LogP) is 2.50. The third-order valence-electron chi connectivity index (χ3n) is 3.53. The largest absolute Gasteiger partial charge is 0.389 e. The summed E-state index contributed by atoms with van der Waals surface area (Å²) in [4.78, 5) is 4.78. The summed E-state index contributed by atoms with van der Waals surface area (Å²) >= 11 is 5.11. The van der Waals surface area contributed by atoms with E-state index in [1.807, 2.05) is 29.1 Å². The lowest BCUT2D eigenvalue weighted by atomic mass is 10.1. The van der Waals surface area contributed by atoms with Crippen molar-refractivity contribution in [2.75, 3.05) is 0 Å². The van der Waals surface area contributed by atoms with Crippen LogP contribution in [0.3, 0.4) is 0 Å². The van der Waals surface area contributed by atoms with E-state index in [-0.39, 0.29) is 6.04 Å². The van der Waals surface area contributed by atoms with Crippen LogP contribution >= 0.6 is 12.2 Å². The molecule has 108 valence electrons. The van der Waals surface area contributed by atoms with Gasteiger partial charge in [0.2, 0.25) is 0 Å². The second-order valence-corrected chi connectivity index (χ2v) is 5.70. The molecule has 5 nitrogen and oxygen atoms in total. The fourth-order valence-corrected chi connectivity index (χ4v) is 2.73. The van der Waals surface area contributed by atoms with Crippen molar-refractivity contribution < 1.29 is 0 Å². The second-order valence-electron chi connectivity index (χ2n) is 5.26. The van der Waals surface area contributed by atoms with E-state index in [9.17, 15) is 0 Å². The highest BCUT2D eigenvalue weighted by Gasteiger charge is 2.11. The van der Waals surface area contributed by atoms with Gasteiger partial charge >= 0.3 is 0 Å². The van der Waals surface area contributed by atoms with Gasteiger partial charge in [0, 0.05) is 28.7 Å². The molecule has 2 N–H and O–H groups in total. The van der Waals surface area contributed by atoms with Crippen molar-refractivity contribution in [1.29, 1.82) is 0 Å². The predicted molar refractivity (Wildman–Crippen MR) is 87.3 cm³/mol. The Morgan fingerprint density at radius 2 is 2.14 bits per heavy atom. The molecule has 2 aromatic heterocycles. The average molecular weight is 299 g/mol. The van der Waals surface area contributed by atoms with E-state index >= 15 is 0 Å². The van der Waals surface area contributed by atoms with E-state index in [1.165, 1.54) is 0 Å². The first-order valence-corrected chi connectivity index (χ1v) is 7.25. The molecule has 3 aromatic rings. The molecule has 0 radical (unpaired) electrons. The first-order chi connectivity index (χ1) is 10.1. The Balaban J connectivity index is 2.04. The highest BCUT2D eigenvalue weighted by Crippen LogP contribution is 2.21. The number of rotatable bonds is 4. The summed E-state index contributed by atoms with van der Waals surface area (Å²) in [6.45, 7) is 4.86. The van der Waals surface area contributed by atoms with E-state index in [1.54, 1.807) is 6.33 Å². The molecule has 3 rings (SSSR count). The number of hydrogen-bond donors (Lipinski definition) is 1. The van der Waals surface area contributed by atoms with Gasteiger partial charge in [-0.3, -0.25) is 0 Å². The fraction of sp³-hybridized carbons (Fsp3) is 0.267. The molecule has 0 bridgehead atoms. The third-order valence-corrected chi connectivity index (χ3v) is 3.75. The van der Waals surface area contributed by atoms with Crippen LogP contribution in [0.15, 0.2) is 36.8 Å². The number of fused-ring (bicyclic) bond motifs is 1. The standard InChI is InChI=1S/C15H17N5S/c1-10(2)20-14(17-9-18-20)8-19-7-6-11-12(15(16)21)4-3-5-13(11)19/h3-7,9-10H,8H2,1-2H3,(H2,16,21). The molecule has 0 fully saturated rings. The normalized spacial score (nSPS) is 11.4. The van der Waals surface area contributed by atoms with E-state index in [0.717, 1.165) is 22.3 Å². The first-order valence-electron chi connectivity index (χ1n) is 6.84. The van der Waals surface area contributed by atoms with E-state index < -0.39 is 0 Å². The lowest BCUT2D eigenvalue weighted by Gasteiger charge is -2.11. The smallest absolute Gasteiger partial charge is 0.147 e. The van der Waals surface area contributed by atoms with Gasteiger partial charge in [0.15, 0.2) is 0 Å². The van der Waals surface area contributed by atoms with Crippen molar-refractivity contribution in [3.8, 4) is 0 Å². The quantitative estimate of drug-likeness (QED) is 0.752. The summed E-state index contributed by atoms with van der Waals surface area (Å²) < 4.78 is 4.07. The van der Waals surface area contributed by atoms with Crippen LogP contribution in [-0.2, 0) is 6.54 Å². The van der Waals surface area contributed by atoms with Crippen LogP contribution in [0.1, 0.15) is 31.3 Å². The van der Waals surface area contributed by atoms with E-state index in [0.29, 0.717) is 11.5 Å². The van der Waals surface area contributed by atoms with Gasteiger partial charge in [-0.15, -0.1) is 0 Å². The Labute approximate surface area is 128 Å². The van der Waals surface area contributed by atoms with Crippen molar-refractivity contribution >= 4 is 28.1 Å². The number of thiocarbonyl (C=S) groups is 1. The maximum atomic E-state index is 5.78. The summed E-state index contributed by atoms with van der Waals surface area (Å²) in [5.74, 6) is 0.934. The average Bonchev–Trinajstić information content (AvgIpc) is 3.06. The van der Waals surface area contributed by atoms with E-state index in [2.05, 4.69) is 34.6 Å². The van der Waals surface area contributed by atoms with Gasteiger partial charge in [0.1, 0.15) is 17.1 Å². The van der Waals surface area contributed by atoms with Crippen LogP contribution in [0.4, 0.5) is 0 Å². The molecule has 0 saturated heterocycles. The topological polar surface area (TPSA) is 61.7 Å². The molecule has 0 aliphatic heterocycles. The number of benzene rings is 1. The van der Waals surface area contributed by atoms with Crippen LogP contribution in [0.5, 0.6) is 0 Å². The Morgan fingerprint density at radius 1 is 1.33 bits per heavy atom. The van der Waals surface area contributed by atoms with Crippen LogP contribution in [0, 0.1) is 0 Å². The minimum Gasteiger partial charge on any atom is -0.389 e. The molecule has 21 heavy (non-hydrogen) atoms. The Kier molecular flexibility index (Phi) is 3.47. The van der Waals surface area contributed by atoms with E-state index in [4.69, 9.17) is 18.0 Å². The summed E-state index contributed by atoms with van der Waals surface area (Å²) in [6.07, 6.45) is 3.63. The van der Waals surface area contributed by atoms with Gasteiger partial charge in [-0.1, -0.05) is 24.4 Å². The maximum absolute atomic E-state index is 5.78. The monoisotopic (exact) mass is 299 g/mol. The number of nitrogens with zero attached hydrogens (tertiary/aromatic N) is 4. The zero-order chi connectivity index (χ0) is 15.0. The Morgan fingerprint density at radius 3 is 2.86 bits per heavy atom. The minimum absolute atomic E-state index is 0.288. The molecule has 1 aromatic carbocycles. The lowest BCUT2D eigenvalue weighted by Crippen LogP contribution is -2.12. The van der Waals surface area contributed by atoms with Crippen molar-refractivity contribution in [1.82, 2.24) is 19.3 Å². The van der Waals surface area contributed by atoms with Crippen molar-refractivity contribution in [3.63, 3.8) is 0 Å². The van der Waals surface area contributed by atoms with Crippen LogP contribution in [0.2, 0.25) is 0 Å². The fourth-order valence-electron chi connectivity index (χ4n) is 2.55. The van der Waals surface area contributed by atoms with Gasteiger partial charge in [0.25, 0.3) is 0 Å². The minimum atomic E-state index is 0.288. The summed E-state index contributed by atoms with van der Waals surface area (Å²) in [6, 6.07) is 8.32. The molecule has 0 unspecified atom stereocenters. The van der Waals surface area contributed by atoms with Gasteiger partial charge in [-0.25, -0.2) is 9.67 Å². The van der Waals surface area contributed by atoms with Crippen molar-refractivity contribution in [2.45, 2.75) is 26.4 Å². The van der Waals surface area contributed by atoms with Crippen molar-refractivity contribution in [3.05, 3.63) is 48.2 Å². The molecule has 2 heterocycles. The summed E-state index contributed by atoms with van der Waals surface area (Å²) in [5, 5.41) is 5.34. The molecule has 0 aliphatic carbocycles. The van der Waals surface area contributed by atoms with Gasteiger partial charge in [-0.2, -0.15) is 5.10 Å². The molecular weight excluding hydrogens is 282 g/mol. The molecule has 0 saturated carbocycles. The highest BCUT2D eigenvalue weighted by atomic mass is 32.1. The van der Waals surface area contributed by atoms with Crippen LogP contribution in [0.25, 0.3) is 10.9 Å². The Bertz CT molecular complexity index is 799. The summed E-state index contributed by atoms with van der Waals surface area (Å²) in [5.41, 5.74) is 7.79. The lowest BCUT2D eigenvalue weighted by molar-refractivity contribution is 0.498. The van der Waals surface area contributed by atoms with Gasteiger partial charge in [0.05, 0.1) is 6.54 Å². The molecule has 0 atom stereocenters. The van der Waals surface area contributed by atoms with Crippen LogP contribution in [-0.4, -0.2) is 24.3 Å².